The van der Waals surface area contributed by atoms with E-state index in [9.17, 15) is 9.18 Å². The third-order valence-electron chi connectivity index (χ3n) is 4.32. The Morgan fingerprint density at radius 1 is 1.18 bits per heavy atom. The molecule has 1 aliphatic rings. The maximum absolute atomic E-state index is 13.6. The zero-order chi connectivity index (χ0) is 20.0. The van der Waals surface area contributed by atoms with Crippen LogP contribution in [0.3, 0.4) is 0 Å². The maximum atomic E-state index is 13.6. The summed E-state index contributed by atoms with van der Waals surface area (Å²) < 4.78 is 13.6. The van der Waals surface area contributed by atoms with E-state index in [2.05, 4.69) is 5.32 Å². The number of rotatable bonds is 3. The molecule has 5 nitrogen and oxygen atoms in total. The molecule has 8 heteroatoms. The third kappa shape index (κ3) is 6.85. The number of para-hydroxylation sites is 1. The fourth-order valence-electron chi connectivity index (χ4n) is 2.77. The van der Waals surface area contributed by atoms with Crippen LogP contribution in [0.5, 0.6) is 0 Å². The summed E-state index contributed by atoms with van der Waals surface area (Å²) in [4.78, 5) is 11.1. The van der Waals surface area contributed by atoms with E-state index in [1.165, 1.54) is 43.2 Å². The van der Waals surface area contributed by atoms with Crippen molar-refractivity contribution in [1.82, 2.24) is 0 Å². The van der Waals surface area contributed by atoms with Gasteiger partial charge in [0.1, 0.15) is 5.82 Å². The summed E-state index contributed by atoms with van der Waals surface area (Å²) in [7, 11) is 0. The first-order chi connectivity index (χ1) is 12.8. The van der Waals surface area contributed by atoms with Crippen molar-refractivity contribution in [2.45, 2.75) is 44.7 Å². The predicted octanol–water partition coefficient (Wildman–Crippen LogP) is 7.22. The van der Waals surface area contributed by atoms with Crippen molar-refractivity contribution in [3.05, 3.63) is 75.1 Å². The molecule has 2 aromatic rings. The maximum Gasteiger partial charge on any atom is 0.334 e. The Morgan fingerprint density at radius 2 is 1.79 bits per heavy atom. The monoisotopic (exact) mass is 585 g/mol. The molecule has 0 saturated heterocycles. The Morgan fingerprint density at radius 3 is 2.29 bits per heavy atom. The second kappa shape index (κ2) is 11.5. The Hall–Kier alpha value is -1.46. The van der Waals surface area contributed by atoms with Crippen molar-refractivity contribution in [3.63, 3.8) is 0 Å². The number of hydrogen-bond donors (Lipinski definition) is 1. The average Bonchev–Trinajstić information content (AvgIpc) is 2.62. The summed E-state index contributed by atoms with van der Waals surface area (Å²) >= 11 is 5.86. The van der Waals surface area contributed by atoms with Crippen LogP contribution in [0, 0.1) is 12.7 Å². The molecule has 0 spiro atoms. The van der Waals surface area contributed by atoms with Gasteiger partial charge in [0, 0.05) is 31.7 Å². The van der Waals surface area contributed by atoms with Gasteiger partial charge >= 0.3 is 5.97 Å². The molecule has 2 atom stereocenters. The van der Waals surface area contributed by atoms with Gasteiger partial charge < -0.3 is 21.9 Å². The molecule has 28 heavy (non-hydrogen) atoms. The van der Waals surface area contributed by atoms with Crippen LogP contribution in [0.4, 0.5) is 15.8 Å². The molecule has 0 aromatic heterocycles. The number of nitrogens with one attached hydrogen (secondary N) is 2. The van der Waals surface area contributed by atoms with Crippen molar-refractivity contribution in [2.24, 2.45) is 0 Å². The Bertz CT molecular complexity index is 777. The zero-order valence-electron chi connectivity index (χ0n) is 15.3. The fourth-order valence-corrected chi connectivity index (χ4v) is 2.97. The number of benzene rings is 2. The van der Waals surface area contributed by atoms with Gasteiger partial charge in [-0.1, -0.05) is 66.7 Å². The van der Waals surface area contributed by atoms with E-state index in [4.69, 9.17) is 28.2 Å². The van der Waals surface area contributed by atoms with Gasteiger partial charge in [0.15, 0.2) is 0 Å². The molecular formula is C20H22ClFN3O2Pt-3. The normalized spacial score (nSPS) is 18.3. The minimum Gasteiger partial charge on any atom is -0.676 e. The summed E-state index contributed by atoms with van der Waals surface area (Å²) in [5.41, 5.74) is 15.5. The Balaban J connectivity index is 0.000000367. The molecule has 1 saturated carbocycles. The number of aromatic carboxylic acids is 1. The standard InChI is InChI=1S/C14H10ClFNO2.C6H12N2.Pt/c1-8-5-6-12(9(7-8)14(18)19)17-13-10(15)3-2-4-11(13)16;7-5-3-1-2-4-6(5)8;/h2-7H,1H3,(H,18,19);5-8H,1-4H2;/q-1;-2;. The number of carbonyl (C=O) groups is 1. The van der Waals surface area contributed by atoms with Gasteiger partial charge in [0.2, 0.25) is 0 Å². The number of aryl methyl sites for hydroxylation is 1. The third-order valence-corrected chi connectivity index (χ3v) is 4.62. The first-order valence-corrected chi connectivity index (χ1v) is 9.09. The molecule has 3 rings (SSSR count). The first kappa shape index (κ1) is 24.6. The second-order valence-corrected chi connectivity index (χ2v) is 6.91. The average molecular weight is 586 g/mol. The quantitative estimate of drug-likeness (QED) is 0.411. The molecule has 0 heterocycles. The Kier molecular flexibility index (Phi) is 10.1. The number of halogens is 2. The largest absolute Gasteiger partial charge is 0.676 e. The smallest absolute Gasteiger partial charge is 0.334 e. The first-order valence-electron chi connectivity index (χ1n) is 8.71. The van der Waals surface area contributed by atoms with Crippen molar-refractivity contribution >= 4 is 28.9 Å². The molecule has 156 valence electrons. The molecule has 1 fully saturated rings. The Labute approximate surface area is 183 Å². The van der Waals surface area contributed by atoms with Gasteiger partial charge in [-0.3, -0.25) is 0 Å². The molecule has 0 radical (unpaired) electrons. The van der Waals surface area contributed by atoms with Gasteiger partial charge in [-0.15, -0.1) is 5.69 Å². The van der Waals surface area contributed by atoms with Crippen LogP contribution in [0.15, 0.2) is 36.4 Å². The number of nitrogens with zero attached hydrogens (tertiary/aromatic N) is 1. The number of hydrogen-bond acceptors (Lipinski definition) is 1. The van der Waals surface area contributed by atoms with Gasteiger partial charge in [-0.25, -0.2) is 9.18 Å². The van der Waals surface area contributed by atoms with Gasteiger partial charge in [0.05, 0.1) is 0 Å². The van der Waals surface area contributed by atoms with Crippen LogP contribution >= 0.6 is 11.6 Å². The van der Waals surface area contributed by atoms with Gasteiger partial charge in [-0.05, 0) is 25.1 Å². The fraction of sp³-hybridized carbons (Fsp3) is 0.350. The van der Waals surface area contributed by atoms with Crippen LogP contribution in [0.1, 0.15) is 41.6 Å². The van der Waals surface area contributed by atoms with Crippen molar-refractivity contribution < 1.29 is 35.4 Å². The summed E-state index contributed by atoms with van der Waals surface area (Å²) in [6.07, 6.45) is 4.25. The predicted molar refractivity (Wildman–Crippen MR) is 107 cm³/mol. The molecule has 1 aliphatic carbocycles. The van der Waals surface area contributed by atoms with Crippen molar-refractivity contribution in [1.29, 1.82) is 0 Å². The van der Waals surface area contributed by atoms with Crippen LogP contribution in [-0.2, 0) is 21.1 Å². The molecule has 0 bridgehead atoms. The van der Waals surface area contributed by atoms with E-state index in [0.29, 0.717) is 0 Å². The number of carboxylic acids is 1. The second-order valence-electron chi connectivity index (χ2n) is 6.51. The van der Waals surface area contributed by atoms with E-state index in [-0.39, 0.29) is 55.1 Å². The van der Waals surface area contributed by atoms with Gasteiger partial charge in [-0.2, -0.15) is 12.1 Å². The van der Waals surface area contributed by atoms with Gasteiger partial charge in [0.25, 0.3) is 0 Å². The number of carboxylic acid groups (broad SMARTS) is 1. The topological polar surface area (TPSA) is 99.0 Å². The molecule has 2 unspecified atom stereocenters. The summed E-state index contributed by atoms with van der Waals surface area (Å²) in [5, 5.41) is 13.3. The van der Waals surface area contributed by atoms with Crippen LogP contribution in [-0.4, -0.2) is 23.2 Å². The zero-order valence-corrected chi connectivity index (χ0v) is 18.4. The van der Waals surface area contributed by atoms with Crippen LogP contribution in [0.2, 0.25) is 5.02 Å². The SMILES string of the molecule is Cc1ccc([N-]c2c(F)cccc2Cl)c(C(=O)O)c1.[NH-]C1CCCCC1[NH-].[Pt]. The van der Waals surface area contributed by atoms with Crippen molar-refractivity contribution in [2.75, 3.05) is 0 Å². The van der Waals surface area contributed by atoms with E-state index in [1.807, 2.05) is 0 Å². The molecular weight excluding hydrogens is 564 g/mol. The molecule has 0 aliphatic heterocycles. The molecule has 3 N–H and O–H groups in total. The summed E-state index contributed by atoms with van der Waals surface area (Å²) in [6.45, 7) is 1.77. The van der Waals surface area contributed by atoms with Crippen LogP contribution in [0.25, 0.3) is 16.8 Å². The summed E-state index contributed by atoms with van der Waals surface area (Å²) in [6, 6.07) is 8.74. The van der Waals surface area contributed by atoms with Crippen LogP contribution < -0.4 is 0 Å². The van der Waals surface area contributed by atoms with E-state index in [1.54, 1.807) is 13.0 Å². The van der Waals surface area contributed by atoms with E-state index < -0.39 is 11.8 Å². The molecule has 2 aromatic carbocycles. The van der Waals surface area contributed by atoms with E-state index >= 15 is 0 Å². The molecule has 0 amide bonds. The summed E-state index contributed by atoms with van der Waals surface area (Å²) in [5.74, 6) is -1.71. The van der Waals surface area contributed by atoms with Crippen molar-refractivity contribution in [3.8, 4) is 0 Å². The minimum absolute atomic E-state index is 0. The minimum atomic E-state index is -1.12. The van der Waals surface area contributed by atoms with E-state index in [0.717, 1.165) is 18.4 Å².